The number of fused-ring (bicyclic) bond motifs is 1. The molecule has 3 aromatic rings. The number of nitrogens with one attached hydrogen (secondary N) is 2. The van der Waals surface area contributed by atoms with Crippen LogP contribution in [0.3, 0.4) is 0 Å². The largest absolute Gasteiger partial charge is 0.417 e. The number of H-pyrrole nitrogens is 1. The van der Waals surface area contributed by atoms with E-state index in [0.717, 1.165) is 31.5 Å². The zero-order valence-electron chi connectivity index (χ0n) is 13.5. The first-order chi connectivity index (χ1) is 12.0. The molecule has 6 heteroatoms. The van der Waals surface area contributed by atoms with E-state index >= 15 is 0 Å². The molecule has 0 aliphatic carbocycles. The highest BCUT2D eigenvalue weighted by Crippen LogP contribution is 2.41. The Balaban J connectivity index is 1.86. The van der Waals surface area contributed by atoms with E-state index in [2.05, 4.69) is 15.3 Å². The molecule has 1 fully saturated rings. The lowest BCUT2D eigenvalue weighted by Gasteiger charge is -2.24. The predicted octanol–water partition coefficient (Wildman–Crippen LogP) is 4.72. The van der Waals surface area contributed by atoms with Gasteiger partial charge in [0.1, 0.15) is 5.65 Å². The molecule has 1 saturated heterocycles. The topological polar surface area (TPSA) is 40.7 Å². The van der Waals surface area contributed by atoms with Crippen LogP contribution in [0.15, 0.2) is 42.7 Å². The van der Waals surface area contributed by atoms with E-state index < -0.39 is 11.7 Å². The maximum Gasteiger partial charge on any atom is 0.417 e. The van der Waals surface area contributed by atoms with Gasteiger partial charge in [-0.1, -0.05) is 12.1 Å². The molecule has 3 nitrogen and oxygen atoms in total. The number of alkyl halides is 3. The van der Waals surface area contributed by atoms with Crippen molar-refractivity contribution in [2.75, 3.05) is 13.1 Å². The van der Waals surface area contributed by atoms with Crippen molar-refractivity contribution in [3.05, 3.63) is 53.9 Å². The molecule has 0 unspecified atom stereocenters. The summed E-state index contributed by atoms with van der Waals surface area (Å²) >= 11 is 0. The molecular weight excluding hydrogens is 327 g/mol. The Hall–Kier alpha value is -2.34. The molecule has 4 rings (SSSR count). The molecular formula is C19H18F3N3. The number of aromatic amines is 1. The van der Waals surface area contributed by atoms with E-state index in [1.54, 1.807) is 24.4 Å². The molecule has 1 aliphatic heterocycles. The number of pyridine rings is 1. The van der Waals surface area contributed by atoms with Gasteiger partial charge in [-0.25, -0.2) is 4.98 Å². The zero-order valence-corrected chi connectivity index (χ0v) is 13.5. The number of aromatic nitrogens is 2. The Morgan fingerprint density at radius 2 is 1.80 bits per heavy atom. The van der Waals surface area contributed by atoms with E-state index in [-0.39, 0.29) is 11.5 Å². The molecule has 130 valence electrons. The van der Waals surface area contributed by atoms with Crippen LogP contribution in [0.25, 0.3) is 22.2 Å². The molecule has 2 aromatic heterocycles. The van der Waals surface area contributed by atoms with E-state index in [1.807, 2.05) is 6.07 Å². The molecule has 0 bridgehead atoms. The molecule has 0 radical (unpaired) electrons. The summed E-state index contributed by atoms with van der Waals surface area (Å²) in [5.41, 5.74) is 1.55. The van der Waals surface area contributed by atoms with E-state index in [0.29, 0.717) is 16.6 Å². The third kappa shape index (κ3) is 3.02. The van der Waals surface area contributed by atoms with Gasteiger partial charge in [0, 0.05) is 17.8 Å². The van der Waals surface area contributed by atoms with Crippen molar-refractivity contribution in [2.24, 2.45) is 0 Å². The molecule has 0 spiro atoms. The summed E-state index contributed by atoms with van der Waals surface area (Å²) in [5, 5.41) is 3.95. The van der Waals surface area contributed by atoms with Gasteiger partial charge in [-0.15, -0.1) is 0 Å². The standard InChI is InChI=1S/C19H18F3N3/c20-19(21,22)17-11-13(12-3-7-23-8-4-12)1-2-15(17)14-5-9-24-18-16(14)6-10-25-18/h1-2,5-6,9-12,23H,3-4,7-8H2,(H,24,25). The Bertz CT molecular complexity index is 892. The fourth-order valence-electron chi connectivity index (χ4n) is 3.64. The first kappa shape index (κ1) is 16.1. The number of rotatable bonds is 2. The minimum Gasteiger partial charge on any atom is -0.346 e. The van der Waals surface area contributed by atoms with Crippen LogP contribution in [0, 0.1) is 0 Å². The highest BCUT2D eigenvalue weighted by Gasteiger charge is 2.35. The quantitative estimate of drug-likeness (QED) is 0.706. The molecule has 0 amide bonds. The lowest BCUT2D eigenvalue weighted by atomic mass is 9.87. The van der Waals surface area contributed by atoms with Gasteiger partial charge in [0.2, 0.25) is 0 Å². The number of piperidine rings is 1. The van der Waals surface area contributed by atoms with Gasteiger partial charge >= 0.3 is 6.18 Å². The monoisotopic (exact) mass is 345 g/mol. The lowest BCUT2D eigenvalue weighted by molar-refractivity contribution is -0.137. The summed E-state index contributed by atoms with van der Waals surface area (Å²) in [7, 11) is 0. The Labute approximate surface area is 143 Å². The van der Waals surface area contributed by atoms with Gasteiger partial charge in [0.25, 0.3) is 0 Å². The molecule has 0 atom stereocenters. The number of benzene rings is 1. The third-order valence-corrected chi connectivity index (χ3v) is 4.91. The first-order valence-corrected chi connectivity index (χ1v) is 8.38. The van der Waals surface area contributed by atoms with Crippen LogP contribution >= 0.6 is 0 Å². The van der Waals surface area contributed by atoms with Crippen LogP contribution < -0.4 is 5.32 Å². The first-order valence-electron chi connectivity index (χ1n) is 8.38. The summed E-state index contributed by atoms with van der Waals surface area (Å²) in [6.07, 6.45) is 0.568. The van der Waals surface area contributed by atoms with Crippen molar-refractivity contribution >= 4 is 11.0 Å². The molecule has 3 heterocycles. The van der Waals surface area contributed by atoms with Gasteiger partial charge in [-0.05, 0) is 66.7 Å². The fourth-order valence-corrected chi connectivity index (χ4v) is 3.64. The second kappa shape index (κ2) is 6.19. The van der Waals surface area contributed by atoms with Crippen LogP contribution in [0.5, 0.6) is 0 Å². The minimum absolute atomic E-state index is 0.182. The van der Waals surface area contributed by atoms with Crippen molar-refractivity contribution in [3.63, 3.8) is 0 Å². The molecule has 1 aromatic carbocycles. The highest BCUT2D eigenvalue weighted by atomic mass is 19.4. The Kier molecular flexibility index (Phi) is 4.00. The number of halogens is 3. The number of nitrogens with zero attached hydrogens (tertiary/aromatic N) is 1. The van der Waals surface area contributed by atoms with Crippen molar-refractivity contribution in [1.82, 2.24) is 15.3 Å². The van der Waals surface area contributed by atoms with Gasteiger partial charge in [-0.3, -0.25) is 0 Å². The second-order valence-corrected chi connectivity index (χ2v) is 6.43. The van der Waals surface area contributed by atoms with E-state index in [9.17, 15) is 13.2 Å². The molecule has 0 saturated carbocycles. The molecule has 2 N–H and O–H groups in total. The zero-order chi connectivity index (χ0) is 17.4. The van der Waals surface area contributed by atoms with Gasteiger partial charge in [-0.2, -0.15) is 13.2 Å². The smallest absolute Gasteiger partial charge is 0.346 e. The van der Waals surface area contributed by atoms with Crippen LogP contribution in [-0.2, 0) is 6.18 Å². The minimum atomic E-state index is -4.40. The summed E-state index contributed by atoms with van der Waals surface area (Å²) in [4.78, 5) is 7.12. The summed E-state index contributed by atoms with van der Waals surface area (Å²) < 4.78 is 41.3. The maximum atomic E-state index is 13.8. The summed E-state index contributed by atoms with van der Waals surface area (Å²) in [6.45, 7) is 1.70. The van der Waals surface area contributed by atoms with E-state index in [4.69, 9.17) is 0 Å². The van der Waals surface area contributed by atoms with Gasteiger partial charge in [0.05, 0.1) is 5.56 Å². The van der Waals surface area contributed by atoms with Crippen molar-refractivity contribution in [3.8, 4) is 11.1 Å². The van der Waals surface area contributed by atoms with E-state index in [1.165, 1.54) is 12.3 Å². The Morgan fingerprint density at radius 1 is 1.00 bits per heavy atom. The van der Waals surface area contributed by atoms with Crippen LogP contribution in [0.2, 0.25) is 0 Å². The molecule has 25 heavy (non-hydrogen) atoms. The van der Waals surface area contributed by atoms with Crippen molar-refractivity contribution in [2.45, 2.75) is 24.9 Å². The normalized spacial score (nSPS) is 16.4. The second-order valence-electron chi connectivity index (χ2n) is 6.43. The Morgan fingerprint density at radius 3 is 2.56 bits per heavy atom. The highest BCUT2D eigenvalue weighted by molar-refractivity contribution is 5.93. The maximum absolute atomic E-state index is 13.8. The van der Waals surface area contributed by atoms with Gasteiger partial charge in [0.15, 0.2) is 0 Å². The van der Waals surface area contributed by atoms with Crippen molar-refractivity contribution in [1.29, 1.82) is 0 Å². The van der Waals surface area contributed by atoms with Crippen molar-refractivity contribution < 1.29 is 13.2 Å². The lowest BCUT2D eigenvalue weighted by Crippen LogP contribution is -2.26. The predicted molar refractivity (Wildman–Crippen MR) is 91.4 cm³/mol. The van der Waals surface area contributed by atoms with Crippen LogP contribution in [-0.4, -0.2) is 23.1 Å². The fraction of sp³-hybridized carbons (Fsp3) is 0.316. The van der Waals surface area contributed by atoms with Gasteiger partial charge < -0.3 is 10.3 Å². The molecule has 1 aliphatic rings. The summed E-state index contributed by atoms with van der Waals surface area (Å²) in [5.74, 6) is 0.182. The van der Waals surface area contributed by atoms with Crippen LogP contribution in [0.1, 0.15) is 29.9 Å². The average molecular weight is 345 g/mol. The SMILES string of the molecule is FC(F)(F)c1cc(C2CCNCC2)ccc1-c1ccnc2[nH]ccc12. The van der Waals surface area contributed by atoms with Crippen LogP contribution in [0.4, 0.5) is 13.2 Å². The summed E-state index contributed by atoms with van der Waals surface area (Å²) in [6, 6.07) is 8.20. The number of hydrogen-bond donors (Lipinski definition) is 2. The number of hydrogen-bond acceptors (Lipinski definition) is 2. The third-order valence-electron chi connectivity index (χ3n) is 4.91. The average Bonchev–Trinajstić information content (AvgIpc) is 3.10.